The molecule has 1 atom stereocenters. The average molecular weight is 242 g/mol. The summed E-state index contributed by atoms with van der Waals surface area (Å²) in [6, 6.07) is -0.539. The quantitative estimate of drug-likeness (QED) is 0.696. The van der Waals surface area contributed by atoms with Crippen LogP contribution in [0.3, 0.4) is 0 Å². The van der Waals surface area contributed by atoms with Crippen molar-refractivity contribution in [3.8, 4) is 0 Å². The second-order valence-corrected chi connectivity index (χ2v) is 4.78. The zero-order chi connectivity index (χ0) is 12.8. The van der Waals surface area contributed by atoms with E-state index in [9.17, 15) is 9.59 Å². The number of nitrogens with one attached hydrogen (secondary N) is 2. The molecule has 1 aliphatic heterocycles. The first-order valence-corrected chi connectivity index (χ1v) is 6.15. The fourth-order valence-electron chi connectivity index (χ4n) is 1.98. The molecule has 0 aliphatic carbocycles. The third-order valence-electron chi connectivity index (χ3n) is 3.13. The summed E-state index contributed by atoms with van der Waals surface area (Å²) in [5.74, 6) is -0.354. The van der Waals surface area contributed by atoms with Crippen LogP contribution in [-0.2, 0) is 14.3 Å². The Morgan fingerprint density at radius 1 is 1.29 bits per heavy atom. The Hall–Kier alpha value is -1.10. The highest BCUT2D eigenvalue weighted by Gasteiger charge is 2.28. The van der Waals surface area contributed by atoms with Gasteiger partial charge in [-0.2, -0.15) is 0 Å². The van der Waals surface area contributed by atoms with Gasteiger partial charge >= 0.3 is 5.97 Å². The largest absolute Gasteiger partial charge is 0.467 e. The van der Waals surface area contributed by atoms with Crippen molar-refractivity contribution in [2.24, 2.45) is 11.8 Å². The first-order chi connectivity index (χ1) is 8.06. The SMILES string of the molecule is COC(=O)[C@@H](NC(=O)C1CCNCC1)C(C)C. The van der Waals surface area contributed by atoms with E-state index < -0.39 is 6.04 Å². The topological polar surface area (TPSA) is 67.4 Å². The molecular weight excluding hydrogens is 220 g/mol. The summed E-state index contributed by atoms with van der Waals surface area (Å²) < 4.78 is 4.70. The summed E-state index contributed by atoms with van der Waals surface area (Å²) >= 11 is 0. The van der Waals surface area contributed by atoms with Crippen LogP contribution in [-0.4, -0.2) is 38.1 Å². The van der Waals surface area contributed by atoms with Crippen molar-refractivity contribution in [3.05, 3.63) is 0 Å². The molecule has 0 bridgehead atoms. The molecule has 2 N–H and O–H groups in total. The van der Waals surface area contributed by atoms with Gasteiger partial charge in [-0.1, -0.05) is 13.8 Å². The van der Waals surface area contributed by atoms with Gasteiger partial charge in [0.25, 0.3) is 0 Å². The minimum Gasteiger partial charge on any atom is -0.467 e. The summed E-state index contributed by atoms with van der Waals surface area (Å²) in [4.78, 5) is 23.5. The van der Waals surface area contributed by atoms with Crippen LogP contribution < -0.4 is 10.6 Å². The monoisotopic (exact) mass is 242 g/mol. The molecule has 0 aromatic carbocycles. The van der Waals surface area contributed by atoms with E-state index in [0.717, 1.165) is 25.9 Å². The van der Waals surface area contributed by atoms with E-state index in [4.69, 9.17) is 4.74 Å². The first kappa shape index (κ1) is 14.0. The van der Waals surface area contributed by atoms with Crippen LogP contribution in [0.1, 0.15) is 26.7 Å². The van der Waals surface area contributed by atoms with Crippen molar-refractivity contribution < 1.29 is 14.3 Å². The molecule has 0 radical (unpaired) electrons. The van der Waals surface area contributed by atoms with E-state index in [2.05, 4.69) is 10.6 Å². The lowest BCUT2D eigenvalue weighted by molar-refractivity contribution is -0.147. The molecule has 5 heteroatoms. The third-order valence-corrected chi connectivity index (χ3v) is 3.13. The van der Waals surface area contributed by atoms with Crippen molar-refractivity contribution in [3.63, 3.8) is 0 Å². The van der Waals surface area contributed by atoms with Gasteiger partial charge in [-0.25, -0.2) is 4.79 Å². The standard InChI is InChI=1S/C12H22N2O3/c1-8(2)10(12(16)17-3)14-11(15)9-4-6-13-7-5-9/h8-10,13H,4-7H2,1-3H3,(H,14,15)/t10-/m0/s1. The number of ether oxygens (including phenoxy) is 1. The Morgan fingerprint density at radius 3 is 2.35 bits per heavy atom. The highest BCUT2D eigenvalue weighted by molar-refractivity contribution is 5.85. The molecule has 5 nitrogen and oxygen atoms in total. The molecule has 1 aliphatic rings. The minimum absolute atomic E-state index is 0.0159. The van der Waals surface area contributed by atoms with Crippen LogP contribution in [0.25, 0.3) is 0 Å². The van der Waals surface area contributed by atoms with Gasteiger partial charge in [-0.05, 0) is 31.8 Å². The molecule has 0 saturated carbocycles. The average Bonchev–Trinajstić information content (AvgIpc) is 2.35. The lowest BCUT2D eigenvalue weighted by Crippen LogP contribution is -2.48. The summed E-state index contributed by atoms with van der Waals surface area (Å²) in [7, 11) is 1.34. The maximum absolute atomic E-state index is 12.0. The summed E-state index contributed by atoms with van der Waals surface area (Å²) in [6.45, 7) is 5.51. The maximum Gasteiger partial charge on any atom is 0.328 e. The Bertz CT molecular complexity index is 273. The highest BCUT2D eigenvalue weighted by atomic mass is 16.5. The smallest absolute Gasteiger partial charge is 0.328 e. The van der Waals surface area contributed by atoms with E-state index >= 15 is 0 Å². The normalized spacial score (nSPS) is 18.8. The van der Waals surface area contributed by atoms with Gasteiger partial charge in [0.15, 0.2) is 0 Å². The van der Waals surface area contributed by atoms with Gasteiger partial charge in [0.1, 0.15) is 6.04 Å². The molecule has 17 heavy (non-hydrogen) atoms. The number of piperidine rings is 1. The summed E-state index contributed by atoms with van der Waals surface area (Å²) in [5, 5.41) is 6.00. The minimum atomic E-state index is -0.539. The van der Waals surface area contributed by atoms with Crippen LogP contribution in [0.4, 0.5) is 0 Å². The molecule has 1 fully saturated rings. The fraction of sp³-hybridized carbons (Fsp3) is 0.833. The molecule has 1 rings (SSSR count). The number of hydrogen-bond donors (Lipinski definition) is 2. The lowest BCUT2D eigenvalue weighted by Gasteiger charge is -2.25. The third kappa shape index (κ3) is 4.00. The zero-order valence-electron chi connectivity index (χ0n) is 10.8. The van der Waals surface area contributed by atoms with Crippen LogP contribution >= 0.6 is 0 Å². The Morgan fingerprint density at radius 2 is 1.88 bits per heavy atom. The molecule has 1 amide bonds. The zero-order valence-corrected chi connectivity index (χ0v) is 10.8. The van der Waals surface area contributed by atoms with Crippen LogP contribution in [0.15, 0.2) is 0 Å². The number of hydrogen-bond acceptors (Lipinski definition) is 4. The fourth-order valence-corrected chi connectivity index (χ4v) is 1.98. The van der Waals surface area contributed by atoms with Gasteiger partial charge in [-0.3, -0.25) is 4.79 Å². The molecule has 1 heterocycles. The molecule has 0 unspecified atom stereocenters. The van der Waals surface area contributed by atoms with Crippen molar-refractivity contribution in [1.29, 1.82) is 0 Å². The van der Waals surface area contributed by atoms with Crippen LogP contribution in [0.2, 0.25) is 0 Å². The molecule has 0 aromatic heterocycles. The summed E-state index contributed by atoms with van der Waals surface area (Å²) in [5.41, 5.74) is 0. The van der Waals surface area contributed by atoms with Gasteiger partial charge in [0.2, 0.25) is 5.91 Å². The predicted molar refractivity (Wildman–Crippen MR) is 64.4 cm³/mol. The van der Waals surface area contributed by atoms with E-state index in [1.807, 2.05) is 13.8 Å². The van der Waals surface area contributed by atoms with Gasteiger partial charge in [0, 0.05) is 5.92 Å². The Balaban J connectivity index is 2.54. The number of esters is 1. The van der Waals surface area contributed by atoms with Gasteiger partial charge < -0.3 is 15.4 Å². The van der Waals surface area contributed by atoms with Crippen molar-refractivity contribution in [1.82, 2.24) is 10.6 Å². The lowest BCUT2D eigenvalue weighted by atomic mass is 9.95. The van der Waals surface area contributed by atoms with Crippen LogP contribution in [0.5, 0.6) is 0 Å². The first-order valence-electron chi connectivity index (χ1n) is 6.15. The maximum atomic E-state index is 12.0. The summed E-state index contributed by atoms with van der Waals surface area (Å²) in [6.07, 6.45) is 1.66. The second kappa shape index (κ2) is 6.59. The molecule has 0 aromatic rings. The van der Waals surface area contributed by atoms with Crippen molar-refractivity contribution >= 4 is 11.9 Å². The van der Waals surface area contributed by atoms with Crippen LogP contribution in [0, 0.1) is 11.8 Å². The highest BCUT2D eigenvalue weighted by Crippen LogP contribution is 2.13. The van der Waals surface area contributed by atoms with Gasteiger partial charge in [-0.15, -0.1) is 0 Å². The van der Waals surface area contributed by atoms with E-state index in [1.54, 1.807) is 0 Å². The van der Waals surface area contributed by atoms with E-state index in [-0.39, 0.29) is 23.7 Å². The molecule has 1 saturated heterocycles. The Kier molecular flexibility index (Phi) is 5.41. The molecular formula is C12H22N2O3. The number of methoxy groups -OCH3 is 1. The molecule has 98 valence electrons. The molecule has 0 spiro atoms. The number of carbonyl (C=O) groups excluding carboxylic acids is 2. The number of amides is 1. The predicted octanol–water partition coefficient (Wildman–Crippen LogP) is 0.300. The number of rotatable bonds is 4. The van der Waals surface area contributed by atoms with Crippen molar-refractivity contribution in [2.75, 3.05) is 20.2 Å². The van der Waals surface area contributed by atoms with Gasteiger partial charge in [0.05, 0.1) is 7.11 Å². The van der Waals surface area contributed by atoms with E-state index in [0.29, 0.717) is 0 Å². The van der Waals surface area contributed by atoms with Crippen molar-refractivity contribution in [2.45, 2.75) is 32.7 Å². The Labute approximate surface area is 102 Å². The number of carbonyl (C=O) groups is 2. The van der Waals surface area contributed by atoms with E-state index in [1.165, 1.54) is 7.11 Å². The second-order valence-electron chi connectivity index (χ2n) is 4.78.